The van der Waals surface area contributed by atoms with Crippen molar-refractivity contribution in [3.63, 3.8) is 0 Å². The highest BCUT2D eigenvalue weighted by molar-refractivity contribution is 6.01. The standard InChI is InChI=1S/C19H30N4O6/c1-2-4-14-5-3-12-22(14)13-16(25)21-10-8-15(24)20-11-9-19(28)29-23-17(26)6-7-18(23)27/h14H,2-13H2,1H3,(H,20,24)(H,21,25)/i1D3,2+1,9+1,13+1,19+1,20+1. The molecule has 4 amide bonds. The molecule has 0 spiro atoms. The first-order valence-corrected chi connectivity index (χ1v) is 9.89. The van der Waals surface area contributed by atoms with Crippen LogP contribution in [0, 0.1) is 0 Å². The van der Waals surface area contributed by atoms with E-state index in [1.807, 2.05) is 4.90 Å². The molecule has 162 valence electrons. The second-order valence-corrected chi connectivity index (χ2v) is 7.05. The molecule has 2 aliphatic rings. The summed E-state index contributed by atoms with van der Waals surface area (Å²) in [7, 11) is 0. The molecule has 2 aliphatic heterocycles. The molecule has 0 aromatic carbocycles. The van der Waals surface area contributed by atoms with Gasteiger partial charge in [-0.1, -0.05) is 13.3 Å². The summed E-state index contributed by atoms with van der Waals surface area (Å²) in [6.07, 6.45) is 2.26. The van der Waals surface area contributed by atoms with Crippen molar-refractivity contribution in [2.24, 2.45) is 0 Å². The zero-order valence-electron chi connectivity index (χ0n) is 19.4. The summed E-state index contributed by atoms with van der Waals surface area (Å²) in [5, 5.41) is 5.62. The van der Waals surface area contributed by atoms with Crippen LogP contribution < -0.4 is 10.6 Å². The van der Waals surface area contributed by atoms with Crippen LogP contribution in [0.5, 0.6) is 0 Å². The van der Waals surface area contributed by atoms with Crippen LogP contribution in [0.1, 0.15) is 62.3 Å². The van der Waals surface area contributed by atoms with Crippen LogP contribution >= 0.6 is 0 Å². The molecule has 2 fully saturated rings. The number of carbonyl (C=O) groups is 5. The smallest absolute Gasteiger partial charge is 0.334 e. The molecular weight excluding hydrogens is 385 g/mol. The van der Waals surface area contributed by atoms with Gasteiger partial charge in [-0.25, -0.2) is 4.79 Å². The van der Waals surface area contributed by atoms with Gasteiger partial charge < -0.3 is 15.5 Å². The fourth-order valence-corrected chi connectivity index (χ4v) is 3.35. The molecule has 1 atom stereocenters. The highest BCUT2D eigenvalue weighted by Gasteiger charge is 2.32. The third-order valence-electron chi connectivity index (χ3n) is 4.85. The van der Waals surface area contributed by atoms with Gasteiger partial charge in [0.25, 0.3) is 11.8 Å². The van der Waals surface area contributed by atoms with Gasteiger partial charge in [0.05, 0.1) is 13.0 Å². The van der Waals surface area contributed by atoms with E-state index in [2.05, 4.69) is 15.5 Å². The number of amides is 4. The van der Waals surface area contributed by atoms with E-state index in [4.69, 9.17) is 4.11 Å². The van der Waals surface area contributed by atoms with E-state index < -0.39 is 24.6 Å². The molecule has 0 aromatic heterocycles. The number of nitrogens with one attached hydrogen (secondary N) is 2. The minimum Gasteiger partial charge on any atom is -0.355 e. The number of hydrogen-bond acceptors (Lipinski definition) is 7. The number of rotatable bonds is 11. The Balaban J connectivity index is 1.56. The van der Waals surface area contributed by atoms with Crippen molar-refractivity contribution in [3.05, 3.63) is 0 Å². The van der Waals surface area contributed by atoms with Crippen molar-refractivity contribution >= 4 is 29.6 Å². The monoisotopic (exact) mass is 418 g/mol. The fraction of sp³-hybridized carbons (Fsp3) is 0.737. The maximum Gasteiger partial charge on any atom is 0.334 e. The number of hydroxylamine groups is 2. The third-order valence-corrected chi connectivity index (χ3v) is 4.85. The van der Waals surface area contributed by atoms with Crippen molar-refractivity contribution in [1.82, 2.24) is 20.6 Å². The molecule has 10 heteroatoms. The molecule has 0 aromatic rings. The SMILES string of the molecule is [2H]C([2H])([2H])[13CH2]CC1CCCN1[13CH2]C(=O)NCCC(=O)[15NH]C[13CH2][13C](=O)ON1C(=O)CCC1=O. The van der Waals surface area contributed by atoms with Gasteiger partial charge in [0.1, 0.15) is 0 Å². The van der Waals surface area contributed by atoms with Crippen LogP contribution in [-0.2, 0) is 28.8 Å². The molecule has 0 bridgehead atoms. The first-order chi connectivity index (χ1) is 15.0. The Kier molecular flexibility index (Phi) is 7.35. The molecule has 2 N–H and O–H groups in total. The van der Waals surface area contributed by atoms with E-state index in [9.17, 15) is 24.0 Å². The van der Waals surface area contributed by atoms with Gasteiger partial charge in [0.2, 0.25) is 11.8 Å². The highest BCUT2D eigenvalue weighted by Crippen LogP contribution is 2.20. The van der Waals surface area contributed by atoms with Gasteiger partial charge in [-0.05, 0) is 25.8 Å². The number of carbonyl (C=O) groups excluding carboxylic acids is 5. The summed E-state index contributed by atoms with van der Waals surface area (Å²) in [5.74, 6) is -2.55. The minimum atomic E-state index is -1.97. The predicted molar refractivity (Wildman–Crippen MR) is 102 cm³/mol. The van der Waals surface area contributed by atoms with E-state index in [1.54, 1.807) is 0 Å². The zero-order valence-corrected chi connectivity index (χ0v) is 16.4. The van der Waals surface area contributed by atoms with Crippen LogP contribution in [0.15, 0.2) is 0 Å². The maximum absolute atomic E-state index is 12.1. The van der Waals surface area contributed by atoms with Gasteiger partial charge in [0, 0.05) is 42.5 Å². The Labute approximate surface area is 174 Å². The lowest BCUT2D eigenvalue weighted by molar-refractivity contribution is -0.197. The number of imide groups is 1. The van der Waals surface area contributed by atoms with E-state index in [-0.39, 0.29) is 69.6 Å². The molecule has 2 rings (SSSR count). The summed E-state index contributed by atoms with van der Waals surface area (Å²) < 4.78 is 21.9. The zero-order chi connectivity index (χ0) is 23.7. The Morgan fingerprint density at radius 3 is 2.52 bits per heavy atom. The van der Waals surface area contributed by atoms with Crippen molar-refractivity contribution < 1.29 is 32.9 Å². The van der Waals surface area contributed by atoms with Crippen LogP contribution in [-0.4, -0.2) is 71.8 Å². The van der Waals surface area contributed by atoms with Gasteiger partial charge in [-0.2, -0.15) is 0 Å². The van der Waals surface area contributed by atoms with E-state index in [0.717, 1.165) is 19.4 Å². The Morgan fingerprint density at radius 1 is 1.10 bits per heavy atom. The summed E-state index contributed by atoms with van der Waals surface area (Å²) in [6, 6.07) is 0.0791. The van der Waals surface area contributed by atoms with E-state index in [1.165, 1.54) is 0 Å². The summed E-state index contributed by atoms with van der Waals surface area (Å²) >= 11 is 0. The minimum absolute atomic E-state index is 0.00915. The molecule has 0 aliphatic carbocycles. The normalized spacial score (nSPS) is 21.4. The van der Waals surface area contributed by atoms with Crippen molar-refractivity contribution in [2.75, 3.05) is 26.2 Å². The van der Waals surface area contributed by atoms with E-state index >= 15 is 0 Å². The lowest BCUT2D eigenvalue weighted by atomic mass is 10.2. The Morgan fingerprint density at radius 2 is 1.79 bits per heavy atom. The molecule has 0 radical (unpaired) electrons. The van der Waals surface area contributed by atoms with Gasteiger partial charge in [-0.3, -0.25) is 24.1 Å². The maximum atomic E-state index is 12.1. The summed E-state index contributed by atoms with van der Waals surface area (Å²) in [5.41, 5.74) is 0. The molecule has 2 heterocycles. The van der Waals surface area contributed by atoms with Crippen molar-refractivity contribution in [3.8, 4) is 0 Å². The topological polar surface area (TPSA) is 125 Å². The third kappa shape index (κ3) is 7.45. The van der Waals surface area contributed by atoms with Gasteiger partial charge >= 0.3 is 5.97 Å². The van der Waals surface area contributed by atoms with Gasteiger partial charge in [-0.15, -0.1) is 5.06 Å². The average Bonchev–Trinajstić information content (AvgIpc) is 3.27. The molecule has 29 heavy (non-hydrogen) atoms. The molecule has 0 saturated carbocycles. The van der Waals surface area contributed by atoms with E-state index in [0.29, 0.717) is 11.5 Å². The summed E-state index contributed by atoms with van der Waals surface area (Å²) in [6.45, 7) is -0.971. The highest BCUT2D eigenvalue weighted by atomic mass is 16.8. The lowest BCUT2D eigenvalue weighted by Crippen LogP contribution is -2.41. The molecule has 2 saturated heterocycles. The largest absolute Gasteiger partial charge is 0.355 e. The Hall–Kier alpha value is -2.49. The van der Waals surface area contributed by atoms with Crippen LogP contribution in [0.25, 0.3) is 0 Å². The number of likely N-dealkylation sites (tertiary alicyclic amines) is 1. The summed E-state index contributed by atoms with van der Waals surface area (Å²) in [4.78, 5) is 65.0. The Bertz CT molecular complexity index is 714. The molecular formula is C19H30N4O6. The van der Waals surface area contributed by atoms with Gasteiger partial charge in [0.15, 0.2) is 0 Å². The van der Waals surface area contributed by atoms with Crippen molar-refractivity contribution in [1.29, 1.82) is 0 Å². The average molecular weight is 418 g/mol. The van der Waals surface area contributed by atoms with Crippen LogP contribution in [0.2, 0.25) is 0 Å². The molecule has 1 unspecified atom stereocenters. The second kappa shape index (κ2) is 11.5. The molecule has 10 nitrogen and oxygen atoms in total. The predicted octanol–water partition coefficient (Wildman–Crippen LogP) is -0.129. The number of nitrogens with zero attached hydrogens (tertiary/aromatic N) is 2. The number of hydrogen-bond donors (Lipinski definition) is 2. The van der Waals surface area contributed by atoms with Crippen LogP contribution in [0.3, 0.4) is 0 Å². The second-order valence-electron chi connectivity index (χ2n) is 7.05. The quantitative estimate of drug-likeness (QED) is 0.272. The van der Waals surface area contributed by atoms with Crippen LogP contribution in [0.4, 0.5) is 0 Å². The first kappa shape index (κ1) is 18.5. The lowest BCUT2D eigenvalue weighted by Gasteiger charge is -2.23. The fourth-order valence-electron chi connectivity index (χ4n) is 3.35. The van der Waals surface area contributed by atoms with Crippen molar-refractivity contribution in [2.45, 2.75) is 64.3 Å². The first-order valence-electron chi connectivity index (χ1n) is 11.4.